The Labute approximate surface area is 90.9 Å². The van der Waals surface area contributed by atoms with E-state index in [2.05, 4.69) is 6.07 Å². The van der Waals surface area contributed by atoms with Crippen molar-refractivity contribution in [1.29, 1.82) is 0 Å². The van der Waals surface area contributed by atoms with Gasteiger partial charge >= 0.3 is 0 Å². The van der Waals surface area contributed by atoms with Crippen LogP contribution in [0.5, 0.6) is 5.75 Å². The number of hydrogen-bond donors (Lipinski definition) is 2. The van der Waals surface area contributed by atoms with Crippen LogP contribution >= 0.6 is 0 Å². The molecule has 0 radical (unpaired) electrons. The quantitative estimate of drug-likeness (QED) is 0.793. The minimum absolute atomic E-state index is 0.0946. The highest BCUT2D eigenvalue weighted by atomic mass is 16.5. The van der Waals surface area contributed by atoms with Crippen LogP contribution in [0.25, 0.3) is 0 Å². The molecule has 1 unspecified atom stereocenters. The van der Waals surface area contributed by atoms with Crippen LogP contribution in [0.2, 0.25) is 0 Å². The molecule has 1 aromatic rings. The van der Waals surface area contributed by atoms with Gasteiger partial charge in [0.05, 0.1) is 7.11 Å². The van der Waals surface area contributed by atoms with Gasteiger partial charge in [-0.15, -0.1) is 0 Å². The molecule has 0 bridgehead atoms. The molecule has 0 amide bonds. The van der Waals surface area contributed by atoms with Crippen LogP contribution in [-0.2, 0) is 0 Å². The Morgan fingerprint density at radius 2 is 2.07 bits per heavy atom. The summed E-state index contributed by atoms with van der Waals surface area (Å²) in [6.07, 6.45) is 0.555. The number of aliphatic hydroxyl groups excluding tert-OH is 1. The number of ether oxygens (including phenoxy) is 1. The largest absolute Gasteiger partial charge is 0.496 e. The van der Waals surface area contributed by atoms with Crippen LogP contribution in [0, 0.1) is 13.8 Å². The second kappa shape index (κ2) is 5.14. The van der Waals surface area contributed by atoms with Crippen molar-refractivity contribution in [2.24, 2.45) is 5.73 Å². The molecule has 0 saturated carbocycles. The van der Waals surface area contributed by atoms with Gasteiger partial charge in [0.25, 0.3) is 0 Å². The van der Waals surface area contributed by atoms with Gasteiger partial charge in [0.2, 0.25) is 0 Å². The fraction of sp³-hybridized carbons (Fsp3) is 0.500. The Hall–Kier alpha value is -1.06. The number of aryl methyl sites for hydroxylation is 2. The Bertz CT molecular complexity index is 337. The second-order valence-electron chi connectivity index (χ2n) is 3.82. The van der Waals surface area contributed by atoms with E-state index in [4.69, 9.17) is 15.6 Å². The van der Waals surface area contributed by atoms with Crippen LogP contribution in [-0.4, -0.2) is 18.8 Å². The van der Waals surface area contributed by atoms with Gasteiger partial charge in [-0.05, 0) is 25.8 Å². The van der Waals surface area contributed by atoms with Crippen molar-refractivity contribution in [3.8, 4) is 5.75 Å². The molecule has 84 valence electrons. The molecule has 0 aliphatic carbocycles. The lowest BCUT2D eigenvalue weighted by Crippen LogP contribution is -2.14. The van der Waals surface area contributed by atoms with Crippen molar-refractivity contribution >= 4 is 0 Å². The Morgan fingerprint density at radius 3 is 2.60 bits per heavy atom. The van der Waals surface area contributed by atoms with Gasteiger partial charge in [-0.2, -0.15) is 0 Å². The molecule has 0 fully saturated rings. The first kappa shape index (κ1) is 12.0. The molecule has 0 aliphatic heterocycles. The normalized spacial score (nSPS) is 12.6. The van der Waals surface area contributed by atoms with Gasteiger partial charge in [-0.25, -0.2) is 0 Å². The van der Waals surface area contributed by atoms with E-state index in [1.807, 2.05) is 19.9 Å². The molecule has 15 heavy (non-hydrogen) atoms. The fourth-order valence-corrected chi connectivity index (χ4v) is 1.84. The summed E-state index contributed by atoms with van der Waals surface area (Å²) < 4.78 is 5.34. The predicted molar refractivity (Wildman–Crippen MR) is 61.1 cm³/mol. The summed E-state index contributed by atoms with van der Waals surface area (Å²) in [7, 11) is 1.65. The summed E-state index contributed by atoms with van der Waals surface area (Å²) in [6.45, 7) is 4.12. The number of benzene rings is 1. The highest BCUT2D eigenvalue weighted by Gasteiger charge is 2.13. The third kappa shape index (κ3) is 2.70. The number of aliphatic hydroxyl groups is 1. The van der Waals surface area contributed by atoms with Crippen molar-refractivity contribution in [3.63, 3.8) is 0 Å². The molecule has 1 aromatic carbocycles. The van der Waals surface area contributed by atoms with Crippen LogP contribution in [0.1, 0.15) is 29.2 Å². The van der Waals surface area contributed by atoms with Crippen molar-refractivity contribution in [3.05, 3.63) is 28.8 Å². The molecule has 1 rings (SSSR count). The maximum absolute atomic E-state index is 8.88. The summed E-state index contributed by atoms with van der Waals surface area (Å²) in [5, 5.41) is 8.88. The zero-order chi connectivity index (χ0) is 11.4. The van der Waals surface area contributed by atoms with Crippen molar-refractivity contribution in [2.75, 3.05) is 13.7 Å². The standard InChI is InChI=1S/C12H19NO2/c1-8-6-9(2)12(15-3)10(7-8)11(13)4-5-14/h6-7,11,14H,4-5,13H2,1-3H3. The van der Waals surface area contributed by atoms with Gasteiger partial charge in [0, 0.05) is 18.2 Å². The molecular formula is C12H19NO2. The van der Waals surface area contributed by atoms with E-state index in [9.17, 15) is 0 Å². The van der Waals surface area contributed by atoms with Crippen LogP contribution in [0.3, 0.4) is 0 Å². The van der Waals surface area contributed by atoms with E-state index in [1.165, 1.54) is 0 Å². The van der Waals surface area contributed by atoms with E-state index in [-0.39, 0.29) is 12.6 Å². The van der Waals surface area contributed by atoms with Crippen LogP contribution in [0.4, 0.5) is 0 Å². The third-order valence-electron chi connectivity index (χ3n) is 2.49. The van der Waals surface area contributed by atoms with Gasteiger partial charge in [-0.1, -0.05) is 17.7 Å². The second-order valence-corrected chi connectivity index (χ2v) is 3.82. The van der Waals surface area contributed by atoms with Crippen LogP contribution < -0.4 is 10.5 Å². The van der Waals surface area contributed by atoms with Gasteiger partial charge in [0.1, 0.15) is 5.75 Å². The molecule has 0 heterocycles. The van der Waals surface area contributed by atoms with E-state index in [0.29, 0.717) is 6.42 Å². The average molecular weight is 209 g/mol. The summed E-state index contributed by atoms with van der Waals surface area (Å²) in [5.41, 5.74) is 9.20. The monoisotopic (exact) mass is 209 g/mol. The molecule has 0 saturated heterocycles. The summed E-state index contributed by atoms with van der Waals surface area (Å²) in [6, 6.07) is 3.92. The SMILES string of the molecule is COc1c(C)cc(C)cc1C(N)CCO. The number of hydrogen-bond acceptors (Lipinski definition) is 3. The highest BCUT2D eigenvalue weighted by molar-refractivity contribution is 5.45. The minimum atomic E-state index is -0.163. The summed E-state index contributed by atoms with van der Waals surface area (Å²) in [4.78, 5) is 0. The molecule has 3 nitrogen and oxygen atoms in total. The predicted octanol–water partition coefficient (Wildman–Crippen LogP) is 1.69. The third-order valence-corrected chi connectivity index (χ3v) is 2.49. The van der Waals surface area contributed by atoms with Gasteiger partial charge in [0.15, 0.2) is 0 Å². The maximum Gasteiger partial charge on any atom is 0.126 e. The molecule has 0 aliphatic rings. The molecule has 0 aromatic heterocycles. The molecule has 3 N–H and O–H groups in total. The van der Waals surface area contributed by atoms with Crippen molar-refractivity contribution < 1.29 is 9.84 Å². The van der Waals surface area contributed by atoms with E-state index in [1.54, 1.807) is 7.11 Å². The lowest BCUT2D eigenvalue weighted by Gasteiger charge is -2.17. The number of rotatable bonds is 4. The number of nitrogens with two attached hydrogens (primary N) is 1. The topological polar surface area (TPSA) is 55.5 Å². The summed E-state index contributed by atoms with van der Waals surface area (Å²) >= 11 is 0. The number of methoxy groups -OCH3 is 1. The van der Waals surface area contributed by atoms with Gasteiger partial charge < -0.3 is 15.6 Å². The Morgan fingerprint density at radius 1 is 1.40 bits per heavy atom. The van der Waals surface area contributed by atoms with E-state index >= 15 is 0 Å². The van der Waals surface area contributed by atoms with Crippen molar-refractivity contribution in [1.82, 2.24) is 0 Å². The van der Waals surface area contributed by atoms with Crippen molar-refractivity contribution in [2.45, 2.75) is 26.3 Å². The summed E-state index contributed by atoms with van der Waals surface area (Å²) in [5.74, 6) is 0.835. The molecule has 3 heteroatoms. The maximum atomic E-state index is 8.88. The zero-order valence-electron chi connectivity index (χ0n) is 9.58. The Kier molecular flexibility index (Phi) is 4.12. The highest BCUT2D eigenvalue weighted by Crippen LogP contribution is 2.30. The molecular weight excluding hydrogens is 190 g/mol. The zero-order valence-corrected chi connectivity index (χ0v) is 9.58. The first-order valence-electron chi connectivity index (χ1n) is 5.11. The fourth-order valence-electron chi connectivity index (χ4n) is 1.84. The van der Waals surface area contributed by atoms with Gasteiger partial charge in [-0.3, -0.25) is 0 Å². The molecule has 1 atom stereocenters. The smallest absolute Gasteiger partial charge is 0.126 e. The first-order valence-corrected chi connectivity index (χ1v) is 5.11. The molecule has 0 spiro atoms. The average Bonchev–Trinajstić information content (AvgIpc) is 2.17. The first-order chi connectivity index (χ1) is 7.10. The van der Waals surface area contributed by atoms with E-state index in [0.717, 1.165) is 22.4 Å². The minimum Gasteiger partial charge on any atom is -0.496 e. The van der Waals surface area contributed by atoms with Crippen LogP contribution in [0.15, 0.2) is 12.1 Å². The lowest BCUT2D eigenvalue weighted by molar-refractivity contribution is 0.275. The lowest BCUT2D eigenvalue weighted by atomic mass is 9.98. The Balaban J connectivity index is 3.13. The van der Waals surface area contributed by atoms with E-state index < -0.39 is 0 Å².